The molecule has 2 aromatic heterocycles. The van der Waals surface area contributed by atoms with Crippen LogP contribution in [0, 0.1) is 0 Å². The minimum Gasteiger partial charge on any atom is -0.497 e. The number of hydrogen-bond donors (Lipinski definition) is 1. The van der Waals surface area contributed by atoms with E-state index in [2.05, 4.69) is 5.32 Å². The van der Waals surface area contributed by atoms with E-state index < -0.39 is 0 Å². The molecule has 0 aliphatic rings. The number of aryl methyl sites for hydroxylation is 1. The van der Waals surface area contributed by atoms with Gasteiger partial charge in [-0.3, -0.25) is 4.79 Å². The predicted octanol–water partition coefficient (Wildman–Crippen LogP) is 5.24. The van der Waals surface area contributed by atoms with Crippen molar-refractivity contribution in [3.05, 3.63) is 77.6 Å². The summed E-state index contributed by atoms with van der Waals surface area (Å²) in [6.45, 7) is 0. The highest BCUT2D eigenvalue weighted by atomic mass is 35.5. The first-order valence-corrected chi connectivity index (χ1v) is 10.2. The second-order valence-corrected chi connectivity index (χ2v) is 7.39. The van der Waals surface area contributed by atoms with Gasteiger partial charge in [-0.25, -0.2) is 4.98 Å². The van der Waals surface area contributed by atoms with Crippen molar-refractivity contribution in [2.75, 3.05) is 19.5 Å². The lowest BCUT2D eigenvalue weighted by Gasteiger charge is -2.12. The first kappa shape index (κ1) is 20.8. The molecule has 6 nitrogen and oxygen atoms in total. The zero-order valence-electron chi connectivity index (χ0n) is 17.3. The SMILES string of the molecule is COc1ccc(OC)c(NC(=O)CCc2c(-c3ccc(Cl)cc3)nc3ccccn23)c1. The van der Waals surface area contributed by atoms with Gasteiger partial charge in [0.05, 0.1) is 31.3 Å². The molecule has 4 rings (SSSR count). The molecular formula is C24H22ClN3O3. The van der Waals surface area contributed by atoms with Crippen molar-refractivity contribution in [2.24, 2.45) is 0 Å². The van der Waals surface area contributed by atoms with Gasteiger partial charge in [0.15, 0.2) is 0 Å². The molecule has 4 aromatic rings. The lowest BCUT2D eigenvalue weighted by atomic mass is 10.1. The molecule has 1 amide bonds. The number of imidazole rings is 1. The smallest absolute Gasteiger partial charge is 0.224 e. The van der Waals surface area contributed by atoms with Crippen LogP contribution in [0.15, 0.2) is 66.9 Å². The van der Waals surface area contributed by atoms with Crippen molar-refractivity contribution in [1.82, 2.24) is 9.38 Å². The van der Waals surface area contributed by atoms with Gasteiger partial charge < -0.3 is 19.2 Å². The highest BCUT2D eigenvalue weighted by molar-refractivity contribution is 6.30. The van der Waals surface area contributed by atoms with Crippen molar-refractivity contribution in [3.63, 3.8) is 0 Å². The van der Waals surface area contributed by atoms with E-state index in [1.807, 2.05) is 53.1 Å². The number of fused-ring (bicyclic) bond motifs is 1. The Bertz CT molecular complexity index is 1220. The van der Waals surface area contributed by atoms with Crippen LogP contribution in [-0.2, 0) is 11.2 Å². The Hall–Kier alpha value is -3.51. The highest BCUT2D eigenvalue weighted by Gasteiger charge is 2.16. The molecule has 7 heteroatoms. The third kappa shape index (κ3) is 4.49. The van der Waals surface area contributed by atoms with E-state index in [1.54, 1.807) is 32.4 Å². The molecule has 0 aliphatic heterocycles. The maximum absolute atomic E-state index is 12.7. The van der Waals surface area contributed by atoms with Crippen LogP contribution in [0.3, 0.4) is 0 Å². The highest BCUT2D eigenvalue weighted by Crippen LogP contribution is 2.30. The van der Waals surface area contributed by atoms with Gasteiger partial charge in [0, 0.05) is 29.3 Å². The van der Waals surface area contributed by atoms with Crippen LogP contribution in [0.4, 0.5) is 5.69 Å². The van der Waals surface area contributed by atoms with Crippen molar-refractivity contribution < 1.29 is 14.3 Å². The number of hydrogen-bond acceptors (Lipinski definition) is 4. The maximum atomic E-state index is 12.7. The fourth-order valence-corrected chi connectivity index (χ4v) is 3.61. The van der Waals surface area contributed by atoms with Gasteiger partial charge in [0.25, 0.3) is 0 Å². The van der Waals surface area contributed by atoms with E-state index in [0.717, 1.165) is 22.6 Å². The van der Waals surface area contributed by atoms with Gasteiger partial charge in [0.1, 0.15) is 17.1 Å². The quantitative estimate of drug-likeness (QED) is 0.431. The van der Waals surface area contributed by atoms with E-state index in [9.17, 15) is 4.79 Å². The first-order valence-electron chi connectivity index (χ1n) is 9.83. The molecule has 0 spiro atoms. The predicted molar refractivity (Wildman–Crippen MR) is 122 cm³/mol. The van der Waals surface area contributed by atoms with Gasteiger partial charge in [0.2, 0.25) is 5.91 Å². The van der Waals surface area contributed by atoms with Gasteiger partial charge in [-0.05, 0) is 42.8 Å². The summed E-state index contributed by atoms with van der Waals surface area (Å²) in [6.07, 6.45) is 2.75. The molecule has 0 saturated heterocycles. The summed E-state index contributed by atoms with van der Waals surface area (Å²) in [5, 5.41) is 3.59. The number of rotatable bonds is 7. The van der Waals surface area contributed by atoms with E-state index in [4.69, 9.17) is 26.1 Å². The summed E-state index contributed by atoms with van der Waals surface area (Å²) < 4.78 is 12.6. The largest absolute Gasteiger partial charge is 0.497 e. The average Bonchev–Trinajstić information content (AvgIpc) is 3.16. The Morgan fingerprint density at radius 2 is 1.87 bits per heavy atom. The van der Waals surface area contributed by atoms with Gasteiger partial charge in [-0.1, -0.05) is 29.8 Å². The Morgan fingerprint density at radius 1 is 1.06 bits per heavy atom. The molecule has 0 saturated carbocycles. The summed E-state index contributed by atoms with van der Waals surface area (Å²) in [5.41, 5.74) is 4.17. The molecule has 0 atom stereocenters. The second-order valence-electron chi connectivity index (χ2n) is 6.96. The molecule has 2 heterocycles. The third-order valence-corrected chi connectivity index (χ3v) is 5.27. The maximum Gasteiger partial charge on any atom is 0.224 e. The summed E-state index contributed by atoms with van der Waals surface area (Å²) >= 11 is 6.05. The number of nitrogens with one attached hydrogen (secondary N) is 1. The van der Waals surface area contributed by atoms with Crippen LogP contribution in [0.5, 0.6) is 11.5 Å². The average molecular weight is 436 g/mol. The van der Waals surface area contributed by atoms with Crippen molar-refractivity contribution in [2.45, 2.75) is 12.8 Å². The van der Waals surface area contributed by atoms with Crippen LogP contribution in [0.25, 0.3) is 16.9 Å². The Labute approximate surface area is 185 Å². The summed E-state index contributed by atoms with van der Waals surface area (Å²) in [7, 11) is 3.14. The van der Waals surface area contributed by atoms with Crippen LogP contribution in [-0.4, -0.2) is 29.5 Å². The monoisotopic (exact) mass is 435 g/mol. The molecule has 0 fully saturated rings. The second kappa shape index (κ2) is 9.10. The lowest BCUT2D eigenvalue weighted by Crippen LogP contribution is -2.14. The standard InChI is InChI=1S/C24H22ClN3O3/c1-30-18-10-12-21(31-2)19(15-18)26-23(29)13-11-20-24(16-6-8-17(25)9-7-16)27-22-5-3-4-14-28(20)22/h3-10,12,14-15H,11,13H2,1-2H3,(H,26,29). The van der Waals surface area contributed by atoms with E-state index in [-0.39, 0.29) is 12.3 Å². The van der Waals surface area contributed by atoms with Gasteiger partial charge in [-0.15, -0.1) is 0 Å². The van der Waals surface area contributed by atoms with Crippen molar-refractivity contribution in [1.29, 1.82) is 0 Å². The Balaban J connectivity index is 1.58. The fraction of sp³-hybridized carbons (Fsp3) is 0.167. The molecule has 158 valence electrons. The van der Waals surface area contributed by atoms with E-state index in [0.29, 0.717) is 28.6 Å². The Kier molecular flexibility index (Phi) is 6.09. The zero-order valence-corrected chi connectivity index (χ0v) is 18.0. The summed E-state index contributed by atoms with van der Waals surface area (Å²) in [5.74, 6) is 1.09. The number of halogens is 1. The number of benzene rings is 2. The molecule has 1 N–H and O–H groups in total. The number of carbonyl (C=O) groups excluding carboxylic acids is 1. The number of ether oxygens (including phenoxy) is 2. The van der Waals surface area contributed by atoms with Crippen molar-refractivity contribution in [3.8, 4) is 22.8 Å². The molecule has 0 radical (unpaired) electrons. The number of amides is 1. The number of pyridine rings is 1. The molecule has 0 unspecified atom stereocenters. The minimum absolute atomic E-state index is 0.125. The number of carbonyl (C=O) groups is 1. The minimum atomic E-state index is -0.125. The number of methoxy groups -OCH3 is 2. The van der Waals surface area contributed by atoms with E-state index >= 15 is 0 Å². The van der Waals surface area contributed by atoms with Crippen LogP contribution < -0.4 is 14.8 Å². The van der Waals surface area contributed by atoms with Gasteiger partial charge >= 0.3 is 0 Å². The van der Waals surface area contributed by atoms with E-state index in [1.165, 1.54) is 0 Å². The van der Waals surface area contributed by atoms with Crippen LogP contribution in [0.1, 0.15) is 12.1 Å². The molecule has 0 bridgehead atoms. The summed E-state index contributed by atoms with van der Waals surface area (Å²) in [4.78, 5) is 17.5. The molecule has 0 aliphatic carbocycles. The zero-order chi connectivity index (χ0) is 21.8. The number of nitrogens with zero attached hydrogens (tertiary/aromatic N) is 2. The Morgan fingerprint density at radius 3 is 2.61 bits per heavy atom. The van der Waals surface area contributed by atoms with Gasteiger partial charge in [-0.2, -0.15) is 0 Å². The number of aromatic nitrogens is 2. The number of anilines is 1. The van der Waals surface area contributed by atoms with Crippen molar-refractivity contribution >= 4 is 28.8 Å². The molecule has 31 heavy (non-hydrogen) atoms. The molecular weight excluding hydrogens is 414 g/mol. The van der Waals surface area contributed by atoms with Crippen LogP contribution >= 0.6 is 11.6 Å². The summed E-state index contributed by atoms with van der Waals surface area (Å²) in [6, 6.07) is 18.7. The lowest BCUT2D eigenvalue weighted by molar-refractivity contribution is -0.116. The fourth-order valence-electron chi connectivity index (χ4n) is 3.48. The molecule has 2 aromatic carbocycles. The topological polar surface area (TPSA) is 64.9 Å². The first-order chi connectivity index (χ1) is 15.1. The normalized spacial score (nSPS) is 10.8. The third-order valence-electron chi connectivity index (χ3n) is 5.02. The van der Waals surface area contributed by atoms with Crippen LogP contribution in [0.2, 0.25) is 5.02 Å².